The van der Waals surface area contributed by atoms with Gasteiger partial charge in [-0.2, -0.15) is 0 Å². The molecule has 25 heavy (non-hydrogen) atoms. The molecule has 0 radical (unpaired) electrons. The molecule has 1 aliphatic rings. The van der Waals surface area contributed by atoms with Crippen LogP contribution in [-0.2, 0) is 5.75 Å². The van der Waals surface area contributed by atoms with Crippen molar-refractivity contribution in [2.45, 2.75) is 5.75 Å². The fourth-order valence-corrected chi connectivity index (χ4v) is 4.04. The monoisotopic (exact) mass is 394 g/mol. The summed E-state index contributed by atoms with van der Waals surface area (Å²) < 4.78 is 5.19. The molecule has 1 heterocycles. The zero-order chi connectivity index (χ0) is 17.8. The Morgan fingerprint density at radius 3 is 2.88 bits per heavy atom. The number of aliphatic imine (C=N–C) groups is 1. The summed E-state index contributed by atoms with van der Waals surface area (Å²) in [4.78, 5) is 18.9. The smallest absolute Gasteiger partial charge is 0.260 e. The van der Waals surface area contributed by atoms with E-state index in [9.17, 15) is 4.79 Å². The second kappa shape index (κ2) is 8.13. The Labute approximate surface area is 160 Å². The number of benzene rings is 2. The number of ether oxygens (including phenoxy) is 1. The van der Waals surface area contributed by atoms with Crippen LogP contribution in [0.4, 0.5) is 0 Å². The van der Waals surface area contributed by atoms with Gasteiger partial charge in [-0.15, -0.1) is 0 Å². The van der Waals surface area contributed by atoms with Crippen LogP contribution in [0.5, 0.6) is 5.75 Å². The zero-order valence-electron chi connectivity index (χ0n) is 13.5. The van der Waals surface area contributed by atoms with Gasteiger partial charge in [-0.25, -0.2) is 0 Å². The lowest BCUT2D eigenvalue weighted by Crippen LogP contribution is -2.32. The molecule has 0 fully saturated rings. The molecule has 130 valence electrons. The van der Waals surface area contributed by atoms with Crippen molar-refractivity contribution in [2.24, 2.45) is 4.99 Å². The molecule has 0 N–H and O–H groups in total. The van der Waals surface area contributed by atoms with E-state index < -0.39 is 0 Å². The van der Waals surface area contributed by atoms with Crippen LogP contribution < -0.4 is 4.74 Å². The number of carbonyl (C=O) groups is 1. The second-order valence-electron chi connectivity index (χ2n) is 5.38. The third kappa shape index (κ3) is 4.29. The number of rotatable bonds is 4. The van der Waals surface area contributed by atoms with E-state index in [-0.39, 0.29) is 5.91 Å². The molecule has 0 bridgehead atoms. The van der Waals surface area contributed by atoms with Gasteiger partial charge in [-0.05, 0) is 35.9 Å². The number of thioether (sulfide) groups is 1. The molecule has 1 aliphatic heterocycles. The van der Waals surface area contributed by atoms with E-state index in [0.717, 1.165) is 5.56 Å². The fraction of sp³-hybridized carbons (Fsp3) is 0.222. The molecule has 0 unspecified atom stereocenters. The van der Waals surface area contributed by atoms with Crippen molar-refractivity contribution in [3.8, 4) is 5.75 Å². The summed E-state index contributed by atoms with van der Waals surface area (Å²) in [6, 6.07) is 12.5. The molecule has 0 saturated carbocycles. The van der Waals surface area contributed by atoms with Crippen molar-refractivity contribution in [1.82, 2.24) is 4.90 Å². The summed E-state index contributed by atoms with van der Waals surface area (Å²) in [5, 5.41) is 1.93. The summed E-state index contributed by atoms with van der Waals surface area (Å²) in [5.74, 6) is 1.20. The van der Waals surface area contributed by atoms with Gasteiger partial charge in [0, 0.05) is 27.9 Å². The predicted molar refractivity (Wildman–Crippen MR) is 104 cm³/mol. The molecule has 4 nitrogen and oxygen atoms in total. The van der Waals surface area contributed by atoms with Crippen LogP contribution in [0.25, 0.3) is 0 Å². The Hall–Kier alpha value is -1.69. The number of halogens is 2. The summed E-state index contributed by atoms with van der Waals surface area (Å²) >= 11 is 13.6. The normalized spacial score (nSPS) is 13.7. The lowest BCUT2D eigenvalue weighted by molar-refractivity contribution is 0.0860. The van der Waals surface area contributed by atoms with Crippen LogP contribution in [0, 0.1) is 0 Å². The van der Waals surface area contributed by atoms with Crippen molar-refractivity contribution in [3.05, 3.63) is 63.6 Å². The first-order valence-electron chi connectivity index (χ1n) is 7.65. The third-order valence-corrected chi connectivity index (χ3v) is 5.39. The van der Waals surface area contributed by atoms with Crippen molar-refractivity contribution in [2.75, 3.05) is 20.2 Å². The molecule has 0 atom stereocenters. The van der Waals surface area contributed by atoms with Gasteiger partial charge in [-0.3, -0.25) is 14.7 Å². The number of hydrogen-bond donors (Lipinski definition) is 0. The average Bonchev–Trinajstić information content (AvgIpc) is 3.09. The molecule has 2 aromatic carbocycles. The van der Waals surface area contributed by atoms with Gasteiger partial charge >= 0.3 is 0 Å². The molecule has 7 heteroatoms. The maximum absolute atomic E-state index is 12.8. The van der Waals surface area contributed by atoms with Crippen molar-refractivity contribution < 1.29 is 9.53 Å². The van der Waals surface area contributed by atoms with Crippen LogP contribution in [0.1, 0.15) is 15.9 Å². The van der Waals surface area contributed by atoms with Gasteiger partial charge in [0.2, 0.25) is 0 Å². The number of amidine groups is 1. The fourth-order valence-electron chi connectivity index (χ4n) is 2.43. The average molecular weight is 395 g/mol. The first kappa shape index (κ1) is 18.1. The molecule has 0 aromatic heterocycles. The Morgan fingerprint density at radius 2 is 2.12 bits per heavy atom. The van der Waals surface area contributed by atoms with Crippen LogP contribution >= 0.6 is 35.0 Å². The third-order valence-electron chi connectivity index (χ3n) is 3.74. The van der Waals surface area contributed by atoms with Crippen molar-refractivity contribution in [3.63, 3.8) is 0 Å². The van der Waals surface area contributed by atoms with E-state index in [2.05, 4.69) is 4.99 Å². The molecular weight excluding hydrogens is 379 g/mol. The topological polar surface area (TPSA) is 41.9 Å². The molecule has 3 rings (SSSR count). The van der Waals surface area contributed by atoms with Gasteiger partial charge in [0.15, 0.2) is 5.17 Å². The molecule has 0 saturated heterocycles. The van der Waals surface area contributed by atoms with Crippen molar-refractivity contribution in [1.29, 1.82) is 0 Å². The van der Waals surface area contributed by atoms with Crippen molar-refractivity contribution >= 4 is 46.0 Å². The zero-order valence-corrected chi connectivity index (χ0v) is 15.9. The number of methoxy groups -OCH3 is 1. The van der Waals surface area contributed by atoms with Crippen LogP contribution in [-0.4, -0.2) is 36.2 Å². The van der Waals surface area contributed by atoms with E-state index >= 15 is 0 Å². The summed E-state index contributed by atoms with van der Waals surface area (Å²) in [5.41, 5.74) is 1.54. The summed E-state index contributed by atoms with van der Waals surface area (Å²) in [6.07, 6.45) is 0. The quantitative estimate of drug-likeness (QED) is 0.751. The number of hydrogen-bond acceptors (Lipinski definition) is 4. The largest absolute Gasteiger partial charge is 0.497 e. The van der Waals surface area contributed by atoms with Crippen LogP contribution in [0.3, 0.4) is 0 Å². The highest BCUT2D eigenvalue weighted by Crippen LogP contribution is 2.27. The summed E-state index contributed by atoms with van der Waals surface area (Å²) in [7, 11) is 1.58. The number of nitrogens with zero attached hydrogens (tertiary/aromatic N) is 2. The lowest BCUT2D eigenvalue weighted by atomic mass is 10.2. The predicted octanol–water partition coefficient (Wildman–Crippen LogP) is 4.75. The minimum Gasteiger partial charge on any atom is -0.497 e. The maximum atomic E-state index is 12.8. The van der Waals surface area contributed by atoms with E-state index in [1.54, 1.807) is 42.3 Å². The first-order chi connectivity index (χ1) is 12.1. The lowest BCUT2D eigenvalue weighted by Gasteiger charge is -2.18. The van der Waals surface area contributed by atoms with Gasteiger partial charge in [0.1, 0.15) is 5.75 Å². The SMILES string of the molecule is COc1cccc(C(=O)N2CCN=C2SCc2ccc(Cl)cc2Cl)c1. The van der Waals surface area contributed by atoms with E-state index in [1.165, 1.54) is 11.8 Å². The van der Waals surface area contributed by atoms with Gasteiger partial charge in [0.25, 0.3) is 5.91 Å². The Morgan fingerprint density at radius 1 is 1.28 bits per heavy atom. The van der Waals surface area contributed by atoms with E-state index in [1.807, 2.05) is 12.1 Å². The Balaban J connectivity index is 1.70. The molecular formula is C18H16Cl2N2O2S. The van der Waals surface area contributed by atoms with Gasteiger partial charge in [-0.1, -0.05) is 47.1 Å². The van der Waals surface area contributed by atoms with Crippen LogP contribution in [0.15, 0.2) is 47.5 Å². The Kier molecular flexibility index (Phi) is 5.89. The summed E-state index contributed by atoms with van der Waals surface area (Å²) in [6.45, 7) is 1.18. The second-order valence-corrected chi connectivity index (χ2v) is 7.16. The first-order valence-corrected chi connectivity index (χ1v) is 9.40. The van der Waals surface area contributed by atoms with Gasteiger partial charge < -0.3 is 4.74 Å². The molecule has 1 amide bonds. The number of amides is 1. The maximum Gasteiger partial charge on any atom is 0.260 e. The molecule has 0 aliphatic carbocycles. The minimum atomic E-state index is -0.0788. The van der Waals surface area contributed by atoms with Gasteiger partial charge in [0.05, 0.1) is 13.7 Å². The highest BCUT2D eigenvalue weighted by Gasteiger charge is 2.25. The highest BCUT2D eigenvalue weighted by atomic mass is 35.5. The minimum absolute atomic E-state index is 0.0788. The Bertz CT molecular complexity index is 826. The van der Waals surface area contributed by atoms with Crippen LogP contribution in [0.2, 0.25) is 10.0 Å². The highest BCUT2D eigenvalue weighted by molar-refractivity contribution is 8.13. The van der Waals surface area contributed by atoms with E-state index in [4.69, 9.17) is 27.9 Å². The number of carbonyl (C=O) groups excluding carboxylic acids is 1. The standard InChI is InChI=1S/C18H16Cl2N2O2S/c1-24-15-4-2-3-12(9-15)17(23)22-8-7-21-18(22)25-11-13-5-6-14(19)10-16(13)20/h2-6,9-10H,7-8,11H2,1H3. The molecule has 0 spiro atoms. The van der Waals surface area contributed by atoms with E-state index in [0.29, 0.717) is 45.4 Å². The molecule has 2 aromatic rings.